The Kier molecular flexibility index (Phi) is 7.03. The van der Waals surface area contributed by atoms with Gasteiger partial charge in [0.25, 0.3) is 0 Å². The van der Waals surface area contributed by atoms with Crippen molar-refractivity contribution in [2.24, 2.45) is 5.73 Å². The van der Waals surface area contributed by atoms with Crippen LogP contribution in [0.5, 0.6) is 0 Å². The van der Waals surface area contributed by atoms with Gasteiger partial charge in [-0.3, -0.25) is 4.90 Å². The highest BCUT2D eigenvalue weighted by Crippen LogP contribution is 2.27. The molecule has 0 saturated carbocycles. The van der Waals surface area contributed by atoms with E-state index in [9.17, 15) is 4.39 Å². The predicted octanol–water partition coefficient (Wildman–Crippen LogP) is 3.73. The smallest absolute Gasteiger partial charge is 0.128 e. The Morgan fingerprint density at radius 3 is 2.16 bits per heavy atom. The summed E-state index contributed by atoms with van der Waals surface area (Å²) >= 11 is 0. The molecule has 0 saturated heterocycles. The van der Waals surface area contributed by atoms with Crippen LogP contribution in [0.25, 0.3) is 0 Å². The van der Waals surface area contributed by atoms with Crippen molar-refractivity contribution >= 4 is 0 Å². The number of benzene rings is 1. The zero-order chi connectivity index (χ0) is 14.3. The fraction of sp³-hybridized carbons (Fsp3) is 0.625. The van der Waals surface area contributed by atoms with Gasteiger partial charge in [-0.05, 0) is 38.4 Å². The van der Waals surface area contributed by atoms with E-state index < -0.39 is 0 Å². The lowest BCUT2D eigenvalue weighted by Gasteiger charge is -2.35. The Hall–Kier alpha value is -0.930. The second-order valence-electron chi connectivity index (χ2n) is 5.07. The standard InChI is InChI=1S/C16H27FN2/c1-4-11-19(12-5-2)16(15(18)6-3)13-9-7-8-10-14(13)17/h7-10,15-16H,4-6,11-12,18H2,1-3H3. The van der Waals surface area contributed by atoms with Gasteiger partial charge in [0.05, 0.1) is 6.04 Å². The Bertz CT molecular complexity index is 362. The fourth-order valence-corrected chi connectivity index (χ4v) is 2.60. The lowest BCUT2D eigenvalue weighted by molar-refractivity contribution is 0.165. The number of rotatable bonds is 8. The molecule has 2 N–H and O–H groups in total. The second kappa shape index (κ2) is 8.28. The van der Waals surface area contributed by atoms with Crippen LogP contribution in [-0.2, 0) is 0 Å². The lowest BCUT2D eigenvalue weighted by Crippen LogP contribution is -2.42. The molecule has 0 amide bonds. The van der Waals surface area contributed by atoms with Crippen molar-refractivity contribution in [3.63, 3.8) is 0 Å². The van der Waals surface area contributed by atoms with E-state index in [1.807, 2.05) is 12.1 Å². The Balaban J connectivity index is 3.08. The van der Waals surface area contributed by atoms with Crippen LogP contribution in [0.3, 0.4) is 0 Å². The van der Waals surface area contributed by atoms with Crippen LogP contribution >= 0.6 is 0 Å². The van der Waals surface area contributed by atoms with Gasteiger partial charge in [0, 0.05) is 11.6 Å². The molecule has 0 radical (unpaired) electrons. The van der Waals surface area contributed by atoms with E-state index in [0.29, 0.717) is 0 Å². The van der Waals surface area contributed by atoms with E-state index in [0.717, 1.165) is 37.9 Å². The van der Waals surface area contributed by atoms with Crippen molar-refractivity contribution < 1.29 is 4.39 Å². The Morgan fingerprint density at radius 1 is 1.11 bits per heavy atom. The summed E-state index contributed by atoms with van der Waals surface area (Å²) in [4.78, 5) is 2.33. The van der Waals surface area contributed by atoms with Crippen LogP contribution in [0.15, 0.2) is 24.3 Å². The molecule has 0 spiro atoms. The lowest BCUT2D eigenvalue weighted by atomic mass is 9.95. The quantitative estimate of drug-likeness (QED) is 0.777. The number of halogens is 1. The van der Waals surface area contributed by atoms with Gasteiger partial charge in [0.15, 0.2) is 0 Å². The number of hydrogen-bond donors (Lipinski definition) is 1. The maximum Gasteiger partial charge on any atom is 0.128 e. The first-order valence-corrected chi connectivity index (χ1v) is 7.39. The van der Waals surface area contributed by atoms with Crippen LogP contribution in [0.4, 0.5) is 4.39 Å². The average molecular weight is 266 g/mol. The summed E-state index contributed by atoms with van der Waals surface area (Å²) in [5.74, 6) is -0.145. The first-order chi connectivity index (χ1) is 9.15. The van der Waals surface area contributed by atoms with E-state index in [2.05, 4.69) is 25.7 Å². The second-order valence-corrected chi connectivity index (χ2v) is 5.07. The van der Waals surface area contributed by atoms with Crippen molar-refractivity contribution in [1.29, 1.82) is 0 Å². The molecule has 2 atom stereocenters. The summed E-state index contributed by atoms with van der Waals surface area (Å²) in [5, 5.41) is 0. The zero-order valence-corrected chi connectivity index (χ0v) is 12.4. The van der Waals surface area contributed by atoms with Crippen molar-refractivity contribution in [1.82, 2.24) is 4.90 Å². The molecule has 2 nitrogen and oxygen atoms in total. The third-order valence-corrected chi connectivity index (χ3v) is 3.52. The maximum atomic E-state index is 14.1. The summed E-state index contributed by atoms with van der Waals surface area (Å²) in [7, 11) is 0. The van der Waals surface area contributed by atoms with Gasteiger partial charge in [0.1, 0.15) is 5.82 Å². The molecule has 0 aliphatic heterocycles. The number of nitrogens with zero attached hydrogens (tertiary/aromatic N) is 1. The van der Waals surface area contributed by atoms with Gasteiger partial charge in [0.2, 0.25) is 0 Å². The van der Waals surface area contributed by atoms with E-state index in [1.165, 1.54) is 6.07 Å². The highest BCUT2D eigenvalue weighted by Gasteiger charge is 2.26. The molecule has 108 valence electrons. The minimum atomic E-state index is -0.145. The molecular formula is C16H27FN2. The molecule has 1 rings (SSSR count). The van der Waals surface area contributed by atoms with Crippen molar-refractivity contribution in [2.75, 3.05) is 13.1 Å². The predicted molar refractivity (Wildman–Crippen MR) is 79.6 cm³/mol. The Morgan fingerprint density at radius 2 is 1.68 bits per heavy atom. The number of nitrogens with two attached hydrogens (primary N) is 1. The van der Waals surface area contributed by atoms with Gasteiger partial charge >= 0.3 is 0 Å². The van der Waals surface area contributed by atoms with Crippen LogP contribution in [0.1, 0.15) is 51.6 Å². The summed E-state index contributed by atoms with van der Waals surface area (Å²) in [6.45, 7) is 8.28. The third-order valence-electron chi connectivity index (χ3n) is 3.52. The van der Waals surface area contributed by atoms with E-state index in [-0.39, 0.29) is 17.9 Å². The van der Waals surface area contributed by atoms with Crippen LogP contribution < -0.4 is 5.73 Å². The molecule has 0 fully saturated rings. The minimum Gasteiger partial charge on any atom is -0.326 e. The first-order valence-electron chi connectivity index (χ1n) is 7.39. The molecular weight excluding hydrogens is 239 g/mol. The molecule has 3 heteroatoms. The normalized spacial score (nSPS) is 14.6. The molecule has 0 aliphatic carbocycles. The average Bonchev–Trinajstić information content (AvgIpc) is 2.41. The van der Waals surface area contributed by atoms with Gasteiger partial charge in [-0.15, -0.1) is 0 Å². The Labute approximate surface area is 116 Å². The van der Waals surface area contributed by atoms with Crippen molar-refractivity contribution in [2.45, 2.75) is 52.1 Å². The highest BCUT2D eigenvalue weighted by molar-refractivity contribution is 5.23. The molecule has 0 aliphatic rings. The highest BCUT2D eigenvalue weighted by atomic mass is 19.1. The van der Waals surface area contributed by atoms with Gasteiger partial charge < -0.3 is 5.73 Å². The van der Waals surface area contributed by atoms with E-state index in [4.69, 9.17) is 5.73 Å². The summed E-state index contributed by atoms with van der Waals surface area (Å²) in [5.41, 5.74) is 7.01. The van der Waals surface area contributed by atoms with Crippen molar-refractivity contribution in [3.05, 3.63) is 35.6 Å². The maximum absolute atomic E-state index is 14.1. The zero-order valence-electron chi connectivity index (χ0n) is 12.4. The van der Waals surface area contributed by atoms with Crippen molar-refractivity contribution in [3.8, 4) is 0 Å². The molecule has 1 aromatic rings. The summed E-state index contributed by atoms with van der Waals surface area (Å²) in [6, 6.07) is 6.97. The van der Waals surface area contributed by atoms with Crippen LogP contribution in [0.2, 0.25) is 0 Å². The SMILES string of the molecule is CCCN(CCC)C(c1ccccc1F)C(N)CC. The van der Waals surface area contributed by atoms with Gasteiger partial charge in [-0.25, -0.2) is 4.39 Å². The molecule has 2 unspecified atom stereocenters. The summed E-state index contributed by atoms with van der Waals surface area (Å²) in [6.07, 6.45) is 2.96. The van der Waals surface area contributed by atoms with Gasteiger partial charge in [-0.2, -0.15) is 0 Å². The van der Waals surface area contributed by atoms with Crippen LogP contribution in [0, 0.1) is 5.82 Å². The van der Waals surface area contributed by atoms with E-state index in [1.54, 1.807) is 6.07 Å². The molecule has 0 heterocycles. The summed E-state index contributed by atoms with van der Waals surface area (Å²) < 4.78 is 14.1. The topological polar surface area (TPSA) is 29.3 Å². The molecule has 0 bridgehead atoms. The van der Waals surface area contributed by atoms with E-state index >= 15 is 0 Å². The van der Waals surface area contributed by atoms with Gasteiger partial charge in [-0.1, -0.05) is 39.0 Å². The largest absolute Gasteiger partial charge is 0.326 e. The molecule has 1 aromatic carbocycles. The first kappa shape index (κ1) is 16.1. The fourth-order valence-electron chi connectivity index (χ4n) is 2.60. The number of hydrogen-bond acceptors (Lipinski definition) is 2. The monoisotopic (exact) mass is 266 g/mol. The van der Waals surface area contributed by atoms with Crippen LogP contribution in [-0.4, -0.2) is 24.0 Å². The minimum absolute atomic E-state index is 0.0221. The third kappa shape index (κ3) is 4.29. The molecule has 19 heavy (non-hydrogen) atoms. The molecule has 0 aromatic heterocycles.